The van der Waals surface area contributed by atoms with E-state index in [1.54, 1.807) is 18.2 Å². The van der Waals surface area contributed by atoms with Crippen LogP contribution in [0.1, 0.15) is 10.4 Å². The van der Waals surface area contributed by atoms with Crippen LogP contribution >= 0.6 is 0 Å². The Kier molecular flexibility index (Phi) is 4.18. The van der Waals surface area contributed by atoms with E-state index in [0.29, 0.717) is 22.5 Å². The minimum absolute atomic E-state index is 0.135. The van der Waals surface area contributed by atoms with Crippen LogP contribution in [0.2, 0.25) is 0 Å². The van der Waals surface area contributed by atoms with Crippen LogP contribution < -0.4 is 4.74 Å². The number of aromatic amines is 1. The number of halogens is 3. The molecule has 0 atom stereocenters. The van der Waals surface area contributed by atoms with Crippen LogP contribution in [0.4, 0.5) is 13.2 Å². The fraction of sp³-hybridized carbons (Fsp3) is 0.0588. The molecule has 0 radical (unpaired) electrons. The van der Waals surface area contributed by atoms with Gasteiger partial charge in [0.05, 0.1) is 17.0 Å². The van der Waals surface area contributed by atoms with Crippen molar-refractivity contribution in [3.8, 4) is 28.3 Å². The number of H-pyrrole nitrogens is 1. The molecular formula is C17H11F3N2O3. The zero-order valence-corrected chi connectivity index (χ0v) is 12.5. The molecular weight excluding hydrogens is 337 g/mol. The monoisotopic (exact) mass is 348 g/mol. The number of carboxylic acids is 1. The standard InChI is InChI=1S/C17H11F3N2O3/c18-17(19,20)25-13-6-4-10(5-7-13)14-9-15(22-21-14)11-2-1-3-12(8-11)16(23)24/h1-9H,(H,21,22)(H,23,24). The molecule has 0 amide bonds. The summed E-state index contributed by atoms with van der Waals surface area (Å²) < 4.78 is 40.3. The molecule has 0 saturated heterocycles. The molecule has 25 heavy (non-hydrogen) atoms. The molecule has 0 saturated carbocycles. The van der Waals surface area contributed by atoms with E-state index in [4.69, 9.17) is 5.11 Å². The fourth-order valence-corrected chi connectivity index (χ4v) is 2.27. The van der Waals surface area contributed by atoms with E-state index in [2.05, 4.69) is 14.9 Å². The number of ether oxygens (including phenoxy) is 1. The zero-order valence-electron chi connectivity index (χ0n) is 12.5. The number of carboxylic acid groups (broad SMARTS) is 1. The second-order valence-electron chi connectivity index (χ2n) is 5.12. The van der Waals surface area contributed by atoms with E-state index in [9.17, 15) is 18.0 Å². The van der Waals surface area contributed by atoms with E-state index in [-0.39, 0.29) is 11.3 Å². The molecule has 1 heterocycles. The third-order valence-electron chi connectivity index (χ3n) is 3.38. The topological polar surface area (TPSA) is 75.2 Å². The van der Waals surface area contributed by atoms with E-state index in [1.807, 2.05) is 0 Å². The quantitative estimate of drug-likeness (QED) is 0.735. The minimum Gasteiger partial charge on any atom is -0.478 e. The number of hydrogen-bond acceptors (Lipinski definition) is 3. The lowest BCUT2D eigenvalue weighted by Crippen LogP contribution is -2.16. The van der Waals surface area contributed by atoms with Gasteiger partial charge in [0, 0.05) is 5.56 Å². The lowest BCUT2D eigenvalue weighted by Gasteiger charge is -2.08. The van der Waals surface area contributed by atoms with Crippen LogP contribution in [-0.2, 0) is 0 Å². The number of nitrogens with one attached hydrogen (secondary N) is 1. The highest BCUT2D eigenvalue weighted by Gasteiger charge is 2.30. The molecule has 0 aliphatic rings. The van der Waals surface area contributed by atoms with E-state index >= 15 is 0 Å². The third-order valence-corrected chi connectivity index (χ3v) is 3.38. The SMILES string of the molecule is O=C(O)c1cccc(-c2cc(-c3ccc(OC(F)(F)F)cc3)[nH]n2)c1. The smallest absolute Gasteiger partial charge is 0.478 e. The van der Waals surface area contributed by atoms with Gasteiger partial charge in [0.2, 0.25) is 0 Å². The summed E-state index contributed by atoms with van der Waals surface area (Å²) in [5.74, 6) is -1.36. The summed E-state index contributed by atoms with van der Waals surface area (Å²) in [6.07, 6.45) is -4.74. The van der Waals surface area contributed by atoms with Gasteiger partial charge in [0.25, 0.3) is 0 Å². The summed E-state index contributed by atoms with van der Waals surface area (Å²) in [5, 5.41) is 15.9. The van der Waals surface area contributed by atoms with Crippen molar-refractivity contribution in [1.29, 1.82) is 0 Å². The summed E-state index contributed by atoms with van der Waals surface area (Å²) in [6.45, 7) is 0. The lowest BCUT2D eigenvalue weighted by molar-refractivity contribution is -0.274. The molecule has 128 valence electrons. The molecule has 3 rings (SSSR count). The maximum absolute atomic E-state index is 12.2. The van der Waals surface area contributed by atoms with Crippen LogP contribution in [0.25, 0.3) is 22.5 Å². The van der Waals surface area contributed by atoms with E-state index in [0.717, 1.165) is 0 Å². The number of carbonyl (C=O) groups is 1. The third kappa shape index (κ3) is 3.97. The Morgan fingerprint density at radius 2 is 1.76 bits per heavy atom. The molecule has 0 unspecified atom stereocenters. The van der Waals surface area contributed by atoms with Gasteiger partial charge in [-0.1, -0.05) is 12.1 Å². The highest BCUT2D eigenvalue weighted by Crippen LogP contribution is 2.28. The van der Waals surface area contributed by atoms with Crippen LogP contribution in [0.3, 0.4) is 0 Å². The molecule has 1 aromatic heterocycles. The number of hydrogen-bond donors (Lipinski definition) is 2. The molecule has 5 nitrogen and oxygen atoms in total. The Bertz CT molecular complexity index is 902. The lowest BCUT2D eigenvalue weighted by atomic mass is 10.1. The summed E-state index contributed by atoms with van der Waals surface area (Å²) in [7, 11) is 0. The van der Waals surface area contributed by atoms with Crippen molar-refractivity contribution in [2.75, 3.05) is 0 Å². The molecule has 0 bridgehead atoms. The van der Waals surface area contributed by atoms with Gasteiger partial charge in [-0.2, -0.15) is 5.10 Å². The maximum atomic E-state index is 12.2. The molecule has 2 N–H and O–H groups in total. The van der Waals surface area contributed by atoms with Crippen molar-refractivity contribution in [3.63, 3.8) is 0 Å². The van der Waals surface area contributed by atoms with Gasteiger partial charge in [0.1, 0.15) is 5.75 Å². The Labute approximate surface area is 139 Å². The largest absolute Gasteiger partial charge is 0.573 e. The van der Waals surface area contributed by atoms with Gasteiger partial charge in [0.15, 0.2) is 0 Å². The number of nitrogens with zero attached hydrogens (tertiary/aromatic N) is 1. The summed E-state index contributed by atoms with van der Waals surface area (Å²) in [6, 6.07) is 13.3. The van der Waals surface area contributed by atoms with E-state index < -0.39 is 12.3 Å². The molecule has 2 aromatic carbocycles. The average Bonchev–Trinajstić information content (AvgIpc) is 3.04. The molecule has 8 heteroatoms. The molecule has 3 aromatic rings. The first kappa shape index (κ1) is 16.6. The number of aromatic nitrogens is 2. The van der Waals surface area contributed by atoms with Gasteiger partial charge in [-0.15, -0.1) is 13.2 Å². The second kappa shape index (κ2) is 6.31. The van der Waals surface area contributed by atoms with Gasteiger partial charge < -0.3 is 9.84 Å². The first-order chi connectivity index (χ1) is 11.8. The first-order valence-corrected chi connectivity index (χ1v) is 7.07. The fourth-order valence-electron chi connectivity index (χ4n) is 2.27. The summed E-state index contributed by atoms with van der Waals surface area (Å²) in [5.41, 5.74) is 2.46. The summed E-state index contributed by atoms with van der Waals surface area (Å²) in [4.78, 5) is 11.0. The normalized spacial score (nSPS) is 11.3. The number of alkyl halides is 3. The van der Waals surface area contributed by atoms with Crippen molar-refractivity contribution in [1.82, 2.24) is 10.2 Å². The maximum Gasteiger partial charge on any atom is 0.573 e. The predicted molar refractivity (Wildman–Crippen MR) is 83.1 cm³/mol. The first-order valence-electron chi connectivity index (χ1n) is 7.07. The molecule has 0 spiro atoms. The zero-order chi connectivity index (χ0) is 18.0. The van der Waals surface area contributed by atoms with Crippen molar-refractivity contribution < 1.29 is 27.8 Å². The van der Waals surface area contributed by atoms with Crippen LogP contribution in [-0.4, -0.2) is 27.6 Å². The Morgan fingerprint density at radius 3 is 2.40 bits per heavy atom. The van der Waals surface area contributed by atoms with Gasteiger partial charge in [-0.25, -0.2) is 4.79 Å². The molecule has 0 aliphatic carbocycles. The number of aromatic carboxylic acids is 1. The van der Waals surface area contributed by atoms with Crippen molar-refractivity contribution in [2.24, 2.45) is 0 Å². The number of benzene rings is 2. The van der Waals surface area contributed by atoms with Crippen molar-refractivity contribution in [3.05, 3.63) is 60.2 Å². The van der Waals surface area contributed by atoms with Crippen molar-refractivity contribution >= 4 is 5.97 Å². The van der Waals surface area contributed by atoms with Crippen LogP contribution in [0.5, 0.6) is 5.75 Å². The van der Waals surface area contributed by atoms with E-state index in [1.165, 1.54) is 36.4 Å². The minimum atomic E-state index is -4.74. The highest BCUT2D eigenvalue weighted by atomic mass is 19.4. The predicted octanol–water partition coefficient (Wildman–Crippen LogP) is 4.34. The van der Waals surface area contributed by atoms with Gasteiger partial charge in [-0.3, -0.25) is 5.10 Å². The number of rotatable bonds is 4. The Morgan fingerprint density at radius 1 is 1.04 bits per heavy atom. The Hall–Kier alpha value is -3.29. The van der Waals surface area contributed by atoms with Crippen LogP contribution in [0, 0.1) is 0 Å². The highest BCUT2D eigenvalue weighted by molar-refractivity contribution is 5.89. The second-order valence-corrected chi connectivity index (χ2v) is 5.12. The summed E-state index contributed by atoms with van der Waals surface area (Å²) >= 11 is 0. The van der Waals surface area contributed by atoms with Crippen LogP contribution in [0.15, 0.2) is 54.6 Å². The van der Waals surface area contributed by atoms with Gasteiger partial charge >= 0.3 is 12.3 Å². The Balaban J connectivity index is 1.84. The molecule has 0 aliphatic heterocycles. The molecule has 0 fully saturated rings. The average molecular weight is 348 g/mol. The van der Waals surface area contributed by atoms with Gasteiger partial charge in [-0.05, 0) is 48.0 Å². The van der Waals surface area contributed by atoms with Crippen molar-refractivity contribution in [2.45, 2.75) is 6.36 Å².